The van der Waals surface area contributed by atoms with Gasteiger partial charge >= 0.3 is 0 Å². The molecule has 4 nitrogen and oxygen atoms in total. The van der Waals surface area contributed by atoms with Crippen molar-refractivity contribution in [3.8, 4) is 0 Å². The first kappa shape index (κ1) is 14.9. The summed E-state index contributed by atoms with van der Waals surface area (Å²) in [5, 5.41) is 0. The quantitative estimate of drug-likeness (QED) is 0.739. The van der Waals surface area contributed by atoms with Crippen LogP contribution in [0.2, 0.25) is 0 Å². The van der Waals surface area contributed by atoms with Crippen molar-refractivity contribution in [2.24, 2.45) is 0 Å². The summed E-state index contributed by atoms with van der Waals surface area (Å²) in [6, 6.07) is 19.5. The molecule has 23 heavy (non-hydrogen) atoms. The number of anilines is 1. The third-order valence-electron chi connectivity index (χ3n) is 3.58. The van der Waals surface area contributed by atoms with E-state index in [1.54, 1.807) is 24.2 Å². The summed E-state index contributed by atoms with van der Waals surface area (Å²) in [7, 11) is 0. The van der Waals surface area contributed by atoms with Crippen molar-refractivity contribution >= 4 is 11.6 Å². The number of hydrogen-bond acceptors (Lipinski definition) is 3. The van der Waals surface area contributed by atoms with E-state index in [2.05, 4.69) is 9.97 Å². The van der Waals surface area contributed by atoms with Crippen molar-refractivity contribution in [3.05, 3.63) is 90.0 Å². The smallest absolute Gasteiger partial charge is 0.279 e. The summed E-state index contributed by atoms with van der Waals surface area (Å²) in [5.74, 6) is -0.148. The molecular weight excluding hydrogens is 286 g/mol. The molecule has 0 atom stereocenters. The molecule has 1 aromatic heterocycles. The normalized spacial score (nSPS) is 10.3. The minimum atomic E-state index is -0.148. The van der Waals surface area contributed by atoms with E-state index in [0.29, 0.717) is 17.9 Å². The Morgan fingerprint density at radius 2 is 1.52 bits per heavy atom. The molecule has 0 saturated carbocycles. The van der Waals surface area contributed by atoms with Crippen LogP contribution in [0.4, 0.5) is 5.69 Å². The van der Waals surface area contributed by atoms with Crippen LogP contribution in [0.25, 0.3) is 0 Å². The lowest BCUT2D eigenvalue weighted by atomic mass is 10.1. The number of rotatable bonds is 4. The molecule has 0 bridgehead atoms. The molecule has 3 aromatic rings. The number of benzene rings is 2. The highest BCUT2D eigenvalue weighted by Gasteiger charge is 2.21. The molecule has 0 N–H and O–H groups in total. The number of para-hydroxylation sites is 1. The van der Waals surface area contributed by atoms with Crippen LogP contribution >= 0.6 is 0 Å². The fraction of sp³-hybridized carbons (Fsp3) is 0.105. The number of nitrogens with zero attached hydrogens (tertiary/aromatic N) is 3. The Morgan fingerprint density at radius 1 is 0.913 bits per heavy atom. The van der Waals surface area contributed by atoms with Crippen LogP contribution in [-0.2, 0) is 6.54 Å². The van der Waals surface area contributed by atoms with Gasteiger partial charge in [-0.1, -0.05) is 48.5 Å². The van der Waals surface area contributed by atoms with E-state index in [0.717, 1.165) is 11.3 Å². The molecule has 0 unspecified atom stereocenters. The van der Waals surface area contributed by atoms with Gasteiger partial charge in [0, 0.05) is 18.1 Å². The highest BCUT2D eigenvalue weighted by Crippen LogP contribution is 2.20. The largest absolute Gasteiger partial charge is 0.303 e. The molecule has 1 amide bonds. The molecule has 3 rings (SSSR count). The predicted octanol–water partition coefficient (Wildman–Crippen LogP) is 3.63. The molecule has 0 saturated heterocycles. The molecule has 0 spiro atoms. The van der Waals surface area contributed by atoms with Gasteiger partial charge in [0.05, 0.1) is 12.2 Å². The van der Waals surface area contributed by atoms with Crippen LogP contribution in [-0.4, -0.2) is 15.9 Å². The number of carbonyl (C=O) groups is 1. The zero-order chi connectivity index (χ0) is 16.1. The maximum atomic E-state index is 13.0. The van der Waals surface area contributed by atoms with Crippen molar-refractivity contribution in [3.63, 3.8) is 0 Å². The van der Waals surface area contributed by atoms with Crippen molar-refractivity contribution in [1.82, 2.24) is 9.97 Å². The maximum Gasteiger partial charge on any atom is 0.279 e. The molecule has 1 heterocycles. The van der Waals surface area contributed by atoms with Gasteiger partial charge in [-0.2, -0.15) is 0 Å². The lowest BCUT2D eigenvalue weighted by Gasteiger charge is -2.23. The second kappa shape index (κ2) is 6.83. The highest BCUT2D eigenvalue weighted by molar-refractivity contribution is 6.05. The number of carbonyl (C=O) groups excluding carboxylic acids is 1. The lowest BCUT2D eigenvalue weighted by molar-refractivity contribution is 0.0979. The van der Waals surface area contributed by atoms with Gasteiger partial charge in [0.1, 0.15) is 5.69 Å². The zero-order valence-corrected chi connectivity index (χ0v) is 12.9. The molecule has 0 aliphatic heterocycles. The topological polar surface area (TPSA) is 46.1 Å². The van der Waals surface area contributed by atoms with E-state index >= 15 is 0 Å². The first-order valence-electron chi connectivity index (χ1n) is 7.44. The fourth-order valence-electron chi connectivity index (χ4n) is 2.40. The van der Waals surface area contributed by atoms with Gasteiger partial charge in [-0.05, 0) is 24.6 Å². The Hall–Kier alpha value is -3.01. The highest BCUT2D eigenvalue weighted by atomic mass is 16.2. The van der Waals surface area contributed by atoms with Gasteiger partial charge in [-0.25, -0.2) is 4.98 Å². The number of amides is 1. The van der Waals surface area contributed by atoms with Gasteiger partial charge in [0.15, 0.2) is 0 Å². The summed E-state index contributed by atoms with van der Waals surface area (Å²) in [5.41, 5.74) is 2.91. The van der Waals surface area contributed by atoms with Gasteiger partial charge in [0.2, 0.25) is 0 Å². The van der Waals surface area contributed by atoms with Crippen molar-refractivity contribution in [2.75, 3.05) is 4.90 Å². The first-order chi connectivity index (χ1) is 11.3. The van der Waals surface area contributed by atoms with E-state index in [9.17, 15) is 4.79 Å². The van der Waals surface area contributed by atoms with Crippen LogP contribution in [0, 0.1) is 6.92 Å². The number of hydrogen-bond donors (Lipinski definition) is 0. The van der Waals surface area contributed by atoms with E-state index in [1.807, 2.05) is 60.7 Å². The van der Waals surface area contributed by atoms with Gasteiger partial charge in [-0.15, -0.1) is 0 Å². The summed E-state index contributed by atoms with van der Waals surface area (Å²) in [4.78, 5) is 23.1. The maximum absolute atomic E-state index is 13.0. The van der Waals surface area contributed by atoms with E-state index in [1.165, 1.54) is 0 Å². The second-order valence-corrected chi connectivity index (χ2v) is 5.20. The Morgan fingerprint density at radius 3 is 2.17 bits per heavy atom. The fourth-order valence-corrected chi connectivity index (χ4v) is 2.40. The standard InChI is InChI=1S/C19H17N3O/c1-15-18(21-13-12-20-15)19(23)22(17-10-6-3-7-11-17)14-16-8-4-2-5-9-16/h2-13H,14H2,1H3. The third-order valence-corrected chi connectivity index (χ3v) is 3.58. The average molecular weight is 303 g/mol. The number of aryl methyl sites for hydroxylation is 1. The van der Waals surface area contributed by atoms with Crippen molar-refractivity contribution in [1.29, 1.82) is 0 Å². The molecule has 0 fully saturated rings. The van der Waals surface area contributed by atoms with Crippen LogP contribution in [0.15, 0.2) is 73.1 Å². The Labute approximate surface area is 135 Å². The summed E-state index contributed by atoms with van der Waals surface area (Å²) >= 11 is 0. The van der Waals surface area contributed by atoms with Crippen LogP contribution in [0.5, 0.6) is 0 Å². The summed E-state index contributed by atoms with van der Waals surface area (Å²) in [6.45, 7) is 2.28. The van der Waals surface area contributed by atoms with E-state index in [4.69, 9.17) is 0 Å². The summed E-state index contributed by atoms with van der Waals surface area (Å²) in [6.07, 6.45) is 3.14. The SMILES string of the molecule is Cc1nccnc1C(=O)N(Cc1ccccc1)c1ccccc1. The first-order valence-corrected chi connectivity index (χ1v) is 7.44. The van der Waals surface area contributed by atoms with Gasteiger partial charge in [0.25, 0.3) is 5.91 Å². The minimum Gasteiger partial charge on any atom is -0.303 e. The Kier molecular flexibility index (Phi) is 4.43. The third kappa shape index (κ3) is 3.43. The average Bonchev–Trinajstić information content (AvgIpc) is 2.61. The summed E-state index contributed by atoms with van der Waals surface area (Å²) < 4.78 is 0. The monoisotopic (exact) mass is 303 g/mol. The zero-order valence-electron chi connectivity index (χ0n) is 12.9. The molecule has 2 aromatic carbocycles. The molecular formula is C19H17N3O. The Bertz CT molecular complexity index is 788. The minimum absolute atomic E-state index is 0.148. The van der Waals surface area contributed by atoms with Gasteiger partial charge in [-0.3, -0.25) is 9.78 Å². The van der Waals surface area contributed by atoms with Crippen molar-refractivity contribution < 1.29 is 4.79 Å². The van der Waals surface area contributed by atoms with Crippen LogP contribution in [0.3, 0.4) is 0 Å². The van der Waals surface area contributed by atoms with Crippen LogP contribution in [0.1, 0.15) is 21.7 Å². The second-order valence-electron chi connectivity index (χ2n) is 5.20. The van der Waals surface area contributed by atoms with Gasteiger partial charge < -0.3 is 4.90 Å². The van der Waals surface area contributed by atoms with Crippen LogP contribution < -0.4 is 4.90 Å². The number of aromatic nitrogens is 2. The molecule has 0 radical (unpaired) electrons. The van der Waals surface area contributed by atoms with Crippen molar-refractivity contribution in [2.45, 2.75) is 13.5 Å². The molecule has 114 valence electrons. The van der Waals surface area contributed by atoms with E-state index in [-0.39, 0.29) is 5.91 Å². The molecule has 4 heteroatoms. The predicted molar refractivity (Wildman–Crippen MR) is 90.2 cm³/mol. The Balaban J connectivity index is 1.98. The molecule has 0 aliphatic rings. The van der Waals surface area contributed by atoms with E-state index < -0.39 is 0 Å². The lowest BCUT2D eigenvalue weighted by Crippen LogP contribution is -2.31. The molecule has 0 aliphatic carbocycles.